The Morgan fingerprint density at radius 3 is 2.44 bits per heavy atom. The minimum atomic E-state index is -0.225. The SMILES string of the molecule is CCc1ccc(NC(=O)c2cc(Nc3cccc(C)c3)ccn2)cc1. The molecule has 25 heavy (non-hydrogen) atoms. The molecule has 0 unspecified atom stereocenters. The van der Waals surface area contributed by atoms with Gasteiger partial charge in [0.1, 0.15) is 5.69 Å². The number of benzene rings is 2. The monoisotopic (exact) mass is 331 g/mol. The zero-order valence-corrected chi connectivity index (χ0v) is 14.4. The number of rotatable bonds is 5. The summed E-state index contributed by atoms with van der Waals surface area (Å²) in [7, 11) is 0. The Balaban J connectivity index is 1.72. The van der Waals surface area contributed by atoms with Gasteiger partial charge in [0.15, 0.2) is 0 Å². The normalized spacial score (nSPS) is 10.3. The lowest BCUT2D eigenvalue weighted by molar-refractivity contribution is 0.102. The molecule has 0 aliphatic rings. The van der Waals surface area contributed by atoms with Crippen LogP contribution in [0.1, 0.15) is 28.5 Å². The summed E-state index contributed by atoms with van der Waals surface area (Å²) < 4.78 is 0. The lowest BCUT2D eigenvalue weighted by atomic mass is 10.1. The van der Waals surface area contributed by atoms with Crippen molar-refractivity contribution >= 4 is 23.0 Å². The van der Waals surface area contributed by atoms with Crippen LogP contribution in [-0.4, -0.2) is 10.9 Å². The fraction of sp³-hybridized carbons (Fsp3) is 0.143. The van der Waals surface area contributed by atoms with Gasteiger partial charge in [-0.2, -0.15) is 0 Å². The van der Waals surface area contributed by atoms with E-state index in [1.165, 1.54) is 11.1 Å². The van der Waals surface area contributed by atoms with Crippen molar-refractivity contribution in [3.05, 3.63) is 83.7 Å². The predicted molar refractivity (Wildman–Crippen MR) is 102 cm³/mol. The van der Waals surface area contributed by atoms with Crippen LogP contribution >= 0.6 is 0 Å². The largest absolute Gasteiger partial charge is 0.355 e. The first kappa shape index (κ1) is 16.7. The van der Waals surface area contributed by atoms with E-state index in [9.17, 15) is 4.79 Å². The molecule has 4 nitrogen and oxygen atoms in total. The minimum Gasteiger partial charge on any atom is -0.355 e. The van der Waals surface area contributed by atoms with Gasteiger partial charge in [-0.1, -0.05) is 31.2 Å². The number of carbonyl (C=O) groups is 1. The second kappa shape index (κ2) is 7.62. The highest BCUT2D eigenvalue weighted by atomic mass is 16.1. The number of aromatic nitrogens is 1. The molecule has 0 fully saturated rings. The summed E-state index contributed by atoms with van der Waals surface area (Å²) in [6, 6.07) is 19.5. The number of anilines is 3. The highest BCUT2D eigenvalue weighted by Gasteiger charge is 2.09. The third-order valence-corrected chi connectivity index (χ3v) is 3.92. The Hall–Kier alpha value is -3.14. The molecule has 0 aliphatic heterocycles. The van der Waals surface area contributed by atoms with E-state index in [4.69, 9.17) is 0 Å². The van der Waals surface area contributed by atoms with E-state index in [1.807, 2.05) is 55.5 Å². The Kier molecular flexibility index (Phi) is 5.09. The Labute approximate surface area is 147 Å². The second-order valence-electron chi connectivity index (χ2n) is 5.93. The molecule has 0 spiro atoms. The van der Waals surface area contributed by atoms with E-state index in [2.05, 4.69) is 28.6 Å². The van der Waals surface area contributed by atoms with E-state index in [1.54, 1.807) is 12.3 Å². The smallest absolute Gasteiger partial charge is 0.274 e. The average molecular weight is 331 g/mol. The second-order valence-corrected chi connectivity index (χ2v) is 5.93. The van der Waals surface area contributed by atoms with E-state index in [0.717, 1.165) is 23.5 Å². The first-order valence-electron chi connectivity index (χ1n) is 8.34. The molecule has 0 bridgehead atoms. The third-order valence-electron chi connectivity index (χ3n) is 3.92. The van der Waals surface area contributed by atoms with E-state index in [-0.39, 0.29) is 5.91 Å². The molecular formula is C21H21N3O. The van der Waals surface area contributed by atoms with Crippen LogP contribution < -0.4 is 10.6 Å². The Bertz CT molecular complexity index is 872. The van der Waals surface area contributed by atoms with Crippen molar-refractivity contribution in [1.29, 1.82) is 0 Å². The van der Waals surface area contributed by atoms with Gasteiger partial charge in [0.25, 0.3) is 5.91 Å². The first-order chi connectivity index (χ1) is 12.1. The Morgan fingerprint density at radius 1 is 0.960 bits per heavy atom. The van der Waals surface area contributed by atoms with Gasteiger partial charge < -0.3 is 10.6 Å². The highest BCUT2D eigenvalue weighted by Crippen LogP contribution is 2.18. The topological polar surface area (TPSA) is 54.0 Å². The number of hydrogen-bond acceptors (Lipinski definition) is 3. The molecule has 0 atom stereocenters. The summed E-state index contributed by atoms with van der Waals surface area (Å²) in [4.78, 5) is 16.6. The molecule has 4 heteroatoms. The number of pyridine rings is 1. The van der Waals surface area contributed by atoms with Gasteiger partial charge in [-0.25, -0.2) is 0 Å². The van der Waals surface area contributed by atoms with E-state index < -0.39 is 0 Å². The first-order valence-corrected chi connectivity index (χ1v) is 8.34. The van der Waals surface area contributed by atoms with E-state index >= 15 is 0 Å². The number of hydrogen-bond donors (Lipinski definition) is 2. The summed E-state index contributed by atoms with van der Waals surface area (Å²) >= 11 is 0. The molecule has 2 aromatic carbocycles. The molecule has 1 aromatic heterocycles. The number of nitrogens with zero attached hydrogens (tertiary/aromatic N) is 1. The molecule has 0 saturated carbocycles. The van der Waals surface area contributed by atoms with Gasteiger partial charge in [-0.3, -0.25) is 9.78 Å². The van der Waals surface area contributed by atoms with Gasteiger partial charge >= 0.3 is 0 Å². The predicted octanol–water partition coefficient (Wildman–Crippen LogP) is 4.95. The van der Waals surface area contributed by atoms with Gasteiger partial charge in [-0.15, -0.1) is 0 Å². The molecule has 0 saturated heterocycles. The standard InChI is InChI=1S/C21H21N3O/c1-3-16-7-9-17(10-8-16)24-21(25)20-14-19(11-12-22-20)23-18-6-4-5-15(2)13-18/h4-14H,3H2,1-2H3,(H,22,23)(H,24,25). The fourth-order valence-corrected chi connectivity index (χ4v) is 2.54. The number of aryl methyl sites for hydroxylation is 2. The van der Waals surface area contributed by atoms with Crippen LogP contribution in [0.4, 0.5) is 17.1 Å². The van der Waals surface area contributed by atoms with Crippen molar-refractivity contribution in [2.45, 2.75) is 20.3 Å². The maximum atomic E-state index is 12.4. The summed E-state index contributed by atoms with van der Waals surface area (Å²) in [5.41, 5.74) is 5.35. The zero-order valence-electron chi connectivity index (χ0n) is 14.4. The van der Waals surface area contributed by atoms with Crippen LogP contribution in [0.15, 0.2) is 66.9 Å². The maximum Gasteiger partial charge on any atom is 0.274 e. The van der Waals surface area contributed by atoms with Gasteiger partial charge in [-0.05, 0) is 60.9 Å². The molecule has 1 amide bonds. The summed E-state index contributed by atoms with van der Waals surface area (Å²) in [5, 5.41) is 6.18. The van der Waals surface area contributed by atoms with Crippen molar-refractivity contribution in [2.75, 3.05) is 10.6 Å². The minimum absolute atomic E-state index is 0.225. The lowest BCUT2D eigenvalue weighted by Crippen LogP contribution is -2.13. The van der Waals surface area contributed by atoms with Crippen molar-refractivity contribution in [3.63, 3.8) is 0 Å². The molecule has 0 radical (unpaired) electrons. The lowest BCUT2D eigenvalue weighted by Gasteiger charge is -2.09. The van der Waals surface area contributed by atoms with Crippen molar-refractivity contribution in [3.8, 4) is 0 Å². The van der Waals surface area contributed by atoms with Crippen molar-refractivity contribution < 1.29 is 4.79 Å². The number of nitrogens with one attached hydrogen (secondary N) is 2. The molecule has 2 N–H and O–H groups in total. The zero-order chi connectivity index (χ0) is 17.6. The summed E-state index contributed by atoms with van der Waals surface area (Å²) in [6.07, 6.45) is 2.61. The van der Waals surface area contributed by atoms with Gasteiger partial charge in [0.2, 0.25) is 0 Å². The molecular weight excluding hydrogens is 310 g/mol. The van der Waals surface area contributed by atoms with Crippen LogP contribution in [0.5, 0.6) is 0 Å². The maximum absolute atomic E-state index is 12.4. The van der Waals surface area contributed by atoms with Crippen LogP contribution in [0, 0.1) is 6.92 Å². The summed E-state index contributed by atoms with van der Waals surface area (Å²) in [6.45, 7) is 4.14. The quantitative estimate of drug-likeness (QED) is 0.695. The van der Waals surface area contributed by atoms with Crippen molar-refractivity contribution in [1.82, 2.24) is 4.98 Å². The van der Waals surface area contributed by atoms with Gasteiger partial charge in [0.05, 0.1) is 0 Å². The van der Waals surface area contributed by atoms with E-state index in [0.29, 0.717) is 5.69 Å². The molecule has 126 valence electrons. The van der Waals surface area contributed by atoms with Crippen LogP contribution in [-0.2, 0) is 6.42 Å². The average Bonchev–Trinajstić information content (AvgIpc) is 2.62. The van der Waals surface area contributed by atoms with Crippen LogP contribution in [0.3, 0.4) is 0 Å². The van der Waals surface area contributed by atoms with Crippen molar-refractivity contribution in [2.24, 2.45) is 0 Å². The number of amides is 1. The van der Waals surface area contributed by atoms with Crippen LogP contribution in [0.25, 0.3) is 0 Å². The number of carbonyl (C=O) groups excluding carboxylic acids is 1. The molecule has 1 heterocycles. The van der Waals surface area contributed by atoms with Gasteiger partial charge in [0, 0.05) is 23.3 Å². The molecule has 3 aromatic rings. The molecule has 0 aliphatic carbocycles. The molecule has 3 rings (SSSR count). The third kappa shape index (κ3) is 4.44. The van der Waals surface area contributed by atoms with Crippen LogP contribution in [0.2, 0.25) is 0 Å². The Morgan fingerprint density at radius 2 is 1.72 bits per heavy atom. The highest BCUT2D eigenvalue weighted by molar-refractivity contribution is 6.03. The fourth-order valence-electron chi connectivity index (χ4n) is 2.54. The summed E-state index contributed by atoms with van der Waals surface area (Å²) in [5.74, 6) is -0.225.